The first-order valence-electron chi connectivity index (χ1n) is 6.72. The molecule has 8 heteroatoms. The minimum atomic E-state index is -0.178. The number of anilines is 1. The number of amides is 1. The lowest BCUT2D eigenvalue weighted by molar-refractivity contribution is 0.0949. The Morgan fingerprint density at radius 1 is 1.41 bits per heavy atom. The van der Waals surface area contributed by atoms with E-state index in [-0.39, 0.29) is 5.91 Å². The largest absolute Gasteiger partial charge is 0.347 e. The molecule has 1 amide bonds. The van der Waals surface area contributed by atoms with Gasteiger partial charge in [0.05, 0.1) is 23.5 Å². The van der Waals surface area contributed by atoms with E-state index in [0.717, 1.165) is 16.5 Å². The van der Waals surface area contributed by atoms with Crippen molar-refractivity contribution in [2.45, 2.75) is 19.2 Å². The lowest BCUT2D eigenvalue weighted by Gasteiger charge is -2.12. The van der Waals surface area contributed by atoms with Crippen LogP contribution in [0.3, 0.4) is 0 Å². The number of nitrogens with one attached hydrogen (secondary N) is 1. The Labute approximate surface area is 138 Å². The standard InChI is InChI=1S/C14H19N5OS2/c1-9-11(6-16-14(17-9)19(2)3)13(20)15-5-10-7-22-12(18-10)8-21-4/h6-7H,5,8H2,1-4H3,(H,15,20). The third kappa shape index (κ3) is 4.17. The molecule has 22 heavy (non-hydrogen) atoms. The number of hydrogen-bond acceptors (Lipinski definition) is 7. The first-order valence-corrected chi connectivity index (χ1v) is 9.00. The van der Waals surface area contributed by atoms with Crippen LogP contribution in [0.2, 0.25) is 0 Å². The number of nitrogens with zero attached hydrogens (tertiary/aromatic N) is 4. The molecule has 6 nitrogen and oxygen atoms in total. The van der Waals surface area contributed by atoms with Gasteiger partial charge in [0, 0.05) is 31.4 Å². The Morgan fingerprint density at radius 3 is 2.82 bits per heavy atom. The third-order valence-corrected chi connectivity index (χ3v) is 4.55. The van der Waals surface area contributed by atoms with Gasteiger partial charge in [0.15, 0.2) is 0 Å². The van der Waals surface area contributed by atoms with E-state index in [2.05, 4.69) is 20.3 Å². The number of hydrogen-bond donors (Lipinski definition) is 1. The van der Waals surface area contributed by atoms with Crippen molar-refractivity contribution in [3.63, 3.8) is 0 Å². The summed E-state index contributed by atoms with van der Waals surface area (Å²) >= 11 is 3.35. The third-order valence-electron chi connectivity index (χ3n) is 2.91. The van der Waals surface area contributed by atoms with Crippen molar-refractivity contribution in [3.8, 4) is 0 Å². The van der Waals surface area contributed by atoms with Crippen molar-refractivity contribution in [1.82, 2.24) is 20.3 Å². The molecule has 0 unspecified atom stereocenters. The molecule has 0 aliphatic rings. The molecule has 2 aromatic rings. The second-order valence-corrected chi connectivity index (χ2v) is 6.72. The van der Waals surface area contributed by atoms with Crippen molar-refractivity contribution in [2.24, 2.45) is 0 Å². The average molecular weight is 337 g/mol. The highest BCUT2D eigenvalue weighted by atomic mass is 32.2. The van der Waals surface area contributed by atoms with E-state index in [1.807, 2.05) is 32.7 Å². The van der Waals surface area contributed by atoms with Crippen LogP contribution in [0.4, 0.5) is 5.95 Å². The summed E-state index contributed by atoms with van der Waals surface area (Å²) in [7, 11) is 3.73. The maximum atomic E-state index is 12.2. The van der Waals surface area contributed by atoms with Gasteiger partial charge in [0.2, 0.25) is 5.95 Å². The van der Waals surface area contributed by atoms with Gasteiger partial charge >= 0.3 is 0 Å². The zero-order valence-corrected chi connectivity index (χ0v) is 14.7. The van der Waals surface area contributed by atoms with Gasteiger partial charge < -0.3 is 10.2 Å². The Hall–Kier alpha value is -1.67. The Balaban J connectivity index is 1.99. The van der Waals surface area contributed by atoms with Crippen molar-refractivity contribution in [1.29, 1.82) is 0 Å². The molecule has 0 fully saturated rings. The van der Waals surface area contributed by atoms with Crippen molar-refractivity contribution < 1.29 is 4.79 Å². The highest BCUT2D eigenvalue weighted by Gasteiger charge is 2.13. The van der Waals surface area contributed by atoms with Crippen molar-refractivity contribution in [3.05, 3.63) is 33.5 Å². The summed E-state index contributed by atoms with van der Waals surface area (Å²) in [5.41, 5.74) is 2.04. The van der Waals surface area contributed by atoms with Gasteiger partial charge in [0.1, 0.15) is 5.01 Å². The minimum Gasteiger partial charge on any atom is -0.347 e. The lowest BCUT2D eigenvalue weighted by atomic mass is 10.2. The zero-order chi connectivity index (χ0) is 16.1. The molecule has 0 atom stereocenters. The van der Waals surface area contributed by atoms with E-state index in [0.29, 0.717) is 23.8 Å². The molecular weight excluding hydrogens is 318 g/mol. The maximum Gasteiger partial charge on any atom is 0.255 e. The second-order valence-electron chi connectivity index (χ2n) is 4.91. The van der Waals surface area contributed by atoms with E-state index >= 15 is 0 Å². The molecule has 0 bridgehead atoms. The number of rotatable bonds is 6. The summed E-state index contributed by atoms with van der Waals surface area (Å²) < 4.78 is 0. The lowest BCUT2D eigenvalue weighted by Crippen LogP contribution is -2.25. The van der Waals surface area contributed by atoms with E-state index in [1.54, 1.807) is 34.2 Å². The fourth-order valence-electron chi connectivity index (χ4n) is 1.78. The van der Waals surface area contributed by atoms with Gasteiger partial charge in [-0.25, -0.2) is 15.0 Å². The number of carbonyl (C=O) groups excluding carboxylic acids is 1. The van der Waals surface area contributed by atoms with Crippen LogP contribution >= 0.6 is 23.1 Å². The number of thioether (sulfide) groups is 1. The van der Waals surface area contributed by atoms with Gasteiger partial charge in [-0.05, 0) is 13.2 Å². The van der Waals surface area contributed by atoms with Gasteiger partial charge in [-0.15, -0.1) is 11.3 Å². The van der Waals surface area contributed by atoms with Crippen LogP contribution in [0.1, 0.15) is 26.8 Å². The van der Waals surface area contributed by atoms with E-state index < -0.39 is 0 Å². The summed E-state index contributed by atoms with van der Waals surface area (Å²) in [5.74, 6) is 1.31. The summed E-state index contributed by atoms with van der Waals surface area (Å²) in [6.45, 7) is 2.22. The predicted octanol–water partition coefficient (Wildman–Crippen LogP) is 2.10. The minimum absolute atomic E-state index is 0.178. The molecule has 1 N–H and O–H groups in total. The summed E-state index contributed by atoms with van der Waals surface area (Å²) in [6.07, 6.45) is 3.61. The van der Waals surface area contributed by atoms with Crippen LogP contribution in [0, 0.1) is 6.92 Å². The van der Waals surface area contributed by atoms with Crippen LogP contribution in [0.5, 0.6) is 0 Å². The number of aryl methyl sites for hydroxylation is 1. The maximum absolute atomic E-state index is 12.2. The molecule has 2 heterocycles. The smallest absolute Gasteiger partial charge is 0.255 e. The summed E-state index contributed by atoms with van der Waals surface area (Å²) in [4.78, 5) is 27.0. The molecule has 118 valence electrons. The fourth-order valence-corrected chi connectivity index (χ4v) is 3.29. The Bertz CT molecular complexity index is 656. The van der Waals surface area contributed by atoms with Gasteiger partial charge in [-0.2, -0.15) is 11.8 Å². The fraction of sp³-hybridized carbons (Fsp3) is 0.429. The number of thiazole rings is 1. The molecule has 0 saturated heterocycles. The van der Waals surface area contributed by atoms with Gasteiger partial charge in [-0.3, -0.25) is 4.79 Å². The van der Waals surface area contributed by atoms with Crippen LogP contribution in [-0.2, 0) is 12.3 Å². The van der Waals surface area contributed by atoms with Crippen LogP contribution < -0.4 is 10.2 Å². The van der Waals surface area contributed by atoms with E-state index in [4.69, 9.17) is 0 Å². The zero-order valence-electron chi connectivity index (χ0n) is 13.1. The first kappa shape index (κ1) is 16.7. The highest BCUT2D eigenvalue weighted by Crippen LogP contribution is 2.15. The highest BCUT2D eigenvalue weighted by molar-refractivity contribution is 7.97. The second kappa shape index (κ2) is 7.55. The molecule has 0 aromatic carbocycles. The first-order chi connectivity index (χ1) is 10.5. The molecule has 0 spiro atoms. The summed E-state index contributed by atoms with van der Waals surface area (Å²) in [5, 5.41) is 5.92. The quantitative estimate of drug-likeness (QED) is 0.870. The van der Waals surface area contributed by atoms with Crippen LogP contribution in [0.25, 0.3) is 0 Å². The number of aromatic nitrogens is 3. The molecular formula is C14H19N5OS2. The van der Waals surface area contributed by atoms with Crippen LogP contribution in [0.15, 0.2) is 11.6 Å². The normalized spacial score (nSPS) is 10.5. The van der Waals surface area contributed by atoms with Gasteiger partial charge in [-0.1, -0.05) is 0 Å². The SMILES string of the molecule is CSCc1nc(CNC(=O)c2cnc(N(C)C)nc2C)cs1. The molecule has 0 saturated carbocycles. The van der Waals surface area contributed by atoms with Crippen molar-refractivity contribution in [2.75, 3.05) is 25.3 Å². The topological polar surface area (TPSA) is 71.0 Å². The van der Waals surface area contributed by atoms with Gasteiger partial charge in [0.25, 0.3) is 5.91 Å². The molecule has 0 aliphatic heterocycles. The van der Waals surface area contributed by atoms with E-state index in [9.17, 15) is 4.79 Å². The summed E-state index contributed by atoms with van der Waals surface area (Å²) in [6, 6.07) is 0. The Kier molecular flexibility index (Phi) is 5.73. The molecule has 0 aliphatic carbocycles. The predicted molar refractivity (Wildman–Crippen MR) is 91.6 cm³/mol. The van der Waals surface area contributed by atoms with Crippen molar-refractivity contribution >= 4 is 35.0 Å². The average Bonchev–Trinajstić information content (AvgIpc) is 2.92. The van der Waals surface area contributed by atoms with E-state index in [1.165, 1.54) is 0 Å². The monoisotopic (exact) mass is 337 g/mol. The van der Waals surface area contributed by atoms with Crippen LogP contribution in [-0.4, -0.2) is 41.2 Å². The molecule has 0 radical (unpaired) electrons. The molecule has 2 aromatic heterocycles. The Morgan fingerprint density at radius 2 is 2.18 bits per heavy atom. The molecule has 2 rings (SSSR count). The number of carbonyl (C=O) groups is 1.